The summed E-state index contributed by atoms with van der Waals surface area (Å²) in [6.07, 6.45) is 2.04. The number of benzene rings is 1. The maximum Gasteiger partial charge on any atom is 0.243 e. The van der Waals surface area contributed by atoms with E-state index < -0.39 is 15.8 Å². The lowest BCUT2D eigenvalue weighted by molar-refractivity contribution is 0.375. The fourth-order valence-electron chi connectivity index (χ4n) is 2.23. The molecule has 1 fully saturated rings. The van der Waals surface area contributed by atoms with Gasteiger partial charge in [0.15, 0.2) is 0 Å². The summed E-state index contributed by atoms with van der Waals surface area (Å²) in [7, 11) is -3.77. The molecule has 1 saturated heterocycles. The Morgan fingerprint density at radius 3 is 2.85 bits per heavy atom. The molecule has 1 atom stereocenters. The van der Waals surface area contributed by atoms with Crippen molar-refractivity contribution in [3.8, 4) is 0 Å². The van der Waals surface area contributed by atoms with Crippen LogP contribution in [-0.4, -0.2) is 28.1 Å². The number of sulfonamides is 1. The molecular weight excluding hydrogens is 303 g/mol. The molecule has 1 aliphatic rings. The van der Waals surface area contributed by atoms with Crippen LogP contribution in [0.1, 0.15) is 18.4 Å². The maximum absolute atomic E-state index is 13.8. The van der Waals surface area contributed by atoms with Gasteiger partial charge in [-0.3, -0.25) is 0 Å². The molecule has 1 aromatic carbocycles. The molecule has 7 heteroatoms. The van der Waals surface area contributed by atoms with E-state index >= 15 is 0 Å². The van der Waals surface area contributed by atoms with E-state index in [1.165, 1.54) is 6.07 Å². The Labute approximate surface area is 125 Å². The molecule has 4 nitrogen and oxygen atoms in total. The van der Waals surface area contributed by atoms with Crippen LogP contribution in [0.5, 0.6) is 0 Å². The van der Waals surface area contributed by atoms with Crippen LogP contribution in [0.3, 0.4) is 0 Å². The van der Waals surface area contributed by atoms with E-state index in [0.717, 1.165) is 25.9 Å². The van der Waals surface area contributed by atoms with E-state index in [4.69, 9.17) is 0 Å². The zero-order chi connectivity index (χ0) is 13.9. The molecule has 0 spiro atoms. The zero-order valence-corrected chi connectivity index (χ0v) is 13.0. The number of hydrogen-bond acceptors (Lipinski definition) is 3. The molecule has 2 N–H and O–H groups in total. The highest BCUT2D eigenvalue weighted by Crippen LogP contribution is 2.18. The maximum atomic E-state index is 13.8. The van der Waals surface area contributed by atoms with Gasteiger partial charge in [-0.2, -0.15) is 0 Å². The average Bonchev–Trinajstić information content (AvgIpc) is 2.41. The third kappa shape index (κ3) is 4.15. The number of aryl methyl sites for hydroxylation is 1. The molecule has 0 saturated carbocycles. The smallest absolute Gasteiger partial charge is 0.243 e. The van der Waals surface area contributed by atoms with E-state index in [9.17, 15) is 12.8 Å². The zero-order valence-electron chi connectivity index (χ0n) is 11.4. The van der Waals surface area contributed by atoms with Gasteiger partial charge in [-0.05, 0) is 50.4 Å². The van der Waals surface area contributed by atoms with Gasteiger partial charge in [-0.25, -0.2) is 17.5 Å². The van der Waals surface area contributed by atoms with Crippen molar-refractivity contribution in [3.05, 3.63) is 29.6 Å². The second-order valence-corrected chi connectivity index (χ2v) is 6.69. The van der Waals surface area contributed by atoms with Crippen molar-refractivity contribution in [2.75, 3.05) is 19.6 Å². The molecular formula is C13H20ClFN2O2S. The van der Waals surface area contributed by atoms with Gasteiger partial charge >= 0.3 is 0 Å². The number of hydrogen-bond donors (Lipinski definition) is 2. The van der Waals surface area contributed by atoms with E-state index in [2.05, 4.69) is 10.0 Å². The Balaban J connectivity index is 0.00000200. The lowest BCUT2D eigenvalue weighted by Gasteiger charge is -2.22. The van der Waals surface area contributed by atoms with Gasteiger partial charge in [0.1, 0.15) is 10.7 Å². The van der Waals surface area contributed by atoms with Gasteiger partial charge in [-0.1, -0.05) is 12.1 Å². The molecule has 0 bridgehead atoms. The standard InChI is InChI=1S/C13H19FN2O2S.ClH/c1-10-4-2-6-12(13(10)14)19(17,18)16-9-11-5-3-7-15-8-11;/h2,4,6,11,15-16H,3,5,7-9H2,1H3;1H. The van der Waals surface area contributed by atoms with Crippen LogP contribution in [-0.2, 0) is 10.0 Å². The Morgan fingerprint density at radius 1 is 1.45 bits per heavy atom. The minimum atomic E-state index is -3.77. The number of rotatable bonds is 4. The molecule has 1 aliphatic heterocycles. The third-order valence-corrected chi connectivity index (χ3v) is 4.85. The van der Waals surface area contributed by atoms with Gasteiger partial charge in [0.25, 0.3) is 0 Å². The first kappa shape index (κ1) is 17.4. The topological polar surface area (TPSA) is 58.2 Å². The summed E-state index contributed by atoms with van der Waals surface area (Å²) in [6, 6.07) is 4.40. The first-order valence-corrected chi connectivity index (χ1v) is 7.94. The lowest BCUT2D eigenvalue weighted by Crippen LogP contribution is -2.38. The Kier molecular flexibility index (Phi) is 6.39. The second-order valence-electron chi connectivity index (χ2n) is 4.95. The fourth-order valence-corrected chi connectivity index (χ4v) is 3.50. The minimum absolute atomic E-state index is 0. The molecule has 1 heterocycles. The molecule has 20 heavy (non-hydrogen) atoms. The number of piperidine rings is 1. The van der Waals surface area contributed by atoms with Crippen molar-refractivity contribution in [1.29, 1.82) is 0 Å². The van der Waals surface area contributed by atoms with Gasteiger partial charge in [0, 0.05) is 6.54 Å². The molecule has 2 rings (SSSR count). The third-order valence-electron chi connectivity index (χ3n) is 3.41. The summed E-state index contributed by atoms with van der Waals surface area (Å²) in [5, 5.41) is 3.22. The van der Waals surface area contributed by atoms with Crippen molar-refractivity contribution in [3.63, 3.8) is 0 Å². The first-order chi connectivity index (χ1) is 9.00. The SMILES string of the molecule is Cc1cccc(S(=O)(=O)NCC2CCCNC2)c1F.Cl. The molecule has 0 aromatic heterocycles. The molecule has 0 aliphatic carbocycles. The van der Waals surface area contributed by atoms with Crippen LogP contribution in [0.25, 0.3) is 0 Å². The van der Waals surface area contributed by atoms with E-state index in [-0.39, 0.29) is 23.2 Å². The van der Waals surface area contributed by atoms with Crippen molar-refractivity contribution in [1.82, 2.24) is 10.0 Å². The van der Waals surface area contributed by atoms with Crippen LogP contribution >= 0.6 is 12.4 Å². The normalized spacial score (nSPS) is 19.4. The molecule has 0 amide bonds. The van der Waals surface area contributed by atoms with E-state index in [1.54, 1.807) is 19.1 Å². The minimum Gasteiger partial charge on any atom is -0.316 e. The van der Waals surface area contributed by atoms with Crippen LogP contribution in [0.2, 0.25) is 0 Å². The molecule has 114 valence electrons. The molecule has 0 radical (unpaired) electrons. The van der Waals surface area contributed by atoms with Crippen LogP contribution in [0.15, 0.2) is 23.1 Å². The summed E-state index contributed by atoms with van der Waals surface area (Å²) in [5.41, 5.74) is 0.335. The monoisotopic (exact) mass is 322 g/mol. The Morgan fingerprint density at radius 2 is 2.20 bits per heavy atom. The summed E-state index contributed by atoms with van der Waals surface area (Å²) in [5.74, 6) is -0.395. The van der Waals surface area contributed by atoms with Gasteiger partial charge in [0.05, 0.1) is 0 Å². The predicted octanol–water partition coefficient (Wildman–Crippen LogP) is 1.83. The quantitative estimate of drug-likeness (QED) is 0.889. The highest BCUT2D eigenvalue weighted by Gasteiger charge is 2.22. The van der Waals surface area contributed by atoms with Gasteiger partial charge < -0.3 is 5.32 Å². The predicted molar refractivity (Wildman–Crippen MR) is 79.2 cm³/mol. The van der Waals surface area contributed by atoms with Crippen LogP contribution < -0.4 is 10.0 Å². The second kappa shape index (κ2) is 7.36. The Bertz CT molecular complexity index is 545. The summed E-state index contributed by atoms with van der Waals surface area (Å²) < 4.78 is 40.5. The largest absolute Gasteiger partial charge is 0.316 e. The lowest BCUT2D eigenvalue weighted by atomic mass is 10.0. The Hall–Kier alpha value is -0.690. The highest BCUT2D eigenvalue weighted by molar-refractivity contribution is 7.89. The fraction of sp³-hybridized carbons (Fsp3) is 0.538. The molecule has 1 unspecified atom stereocenters. The van der Waals surface area contributed by atoms with Crippen molar-refractivity contribution >= 4 is 22.4 Å². The van der Waals surface area contributed by atoms with Crippen molar-refractivity contribution in [2.45, 2.75) is 24.7 Å². The van der Waals surface area contributed by atoms with E-state index in [0.29, 0.717) is 12.1 Å². The summed E-state index contributed by atoms with van der Waals surface area (Å²) >= 11 is 0. The first-order valence-electron chi connectivity index (χ1n) is 6.46. The average molecular weight is 323 g/mol. The highest BCUT2D eigenvalue weighted by atomic mass is 35.5. The number of nitrogens with one attached hydrogen (secondary N) is 2. The van der Waals surface area contributed by atoms with E-state index in [1.807, 2.05) is 0 Å². The molecule has 1 aromatic rings. The summed E-state index contributed by atoms with van der Waals surface area (Å²) in [6.45, 7) is 3.69. The van der Waals surface area contributed by atoms with Gasteiger partial charge in [-0.15, -0.1) is 12.4 Å². The van der Waals surface area contributed by atoms with Crippen molar-refractivity contribution in [2.24, 2.45) is 5.92 Å². The van der Waals surface area contributed by atoms with Gasteiger partial charge in [0.2, 0.25) is 10.0 Å². The van der Waals surface area contributed by atoms with Crippen LogP contribution in [0, 0.1) is 18.7 Å². The number of halogens is 2. The van der Waals surface area contributed by atoms with Crippen LogP contribution in [0.4, 0.5) is 4.39 Å². The summed E-state index contributed by atoms with van der Waals surface area (Å²) in [4.78, 5) is -0.267. The van der Waals surface area contributed by atoms with Crippen molar-refractivity contribution < 1.29 is 12.8 Å².